The first kappa shape index (κ1) is 23.3. The van der Waals surface area contributed by atoms with Crippen molar-refractivity contribution in [2.24, 2.45) is 10.1 Å². The summed E-state index contributed by atoms with van der Waals surface area (Å²) in [5, 5.41) is 19.6. The molecule has 0 aliphatic carbocycles. The van der Waals surface area contributed by atoms with E-state index >= 15 is 0 Å². The van der Waals surface area contributed by atoms with E-state index in [0.29, 0.717) is 32.1 Å². The van der Waals surface area contributed by atoms with Crippen LogP contribution in [0.15, 0.2) is 87.8 Å². The Labute approximate surface area is 214 Å². The molecule has 1 atom stereocenters. The minimum absolute atomic E-state index is 0.0786. The van der Waals surface area contributed by atoms with Crippen molar-refractivity contribution in [1.29, 1.82) is 0 Å². The van der Waals surface area contributed by atoms with Crippen LogP contribution in [0.5, 0.6) is 0 Å². The van der Waals surface area contributed by atoms with E-state index in [4.69, 9.17) is 28.3 Å². The van der Waals surface area contributed by atoms with Crippen molar-refractivity contribution >= 4 is 63.5 Å². The molecular formula is C25H16Cl2N4O3S. The minimum Gasteiger partial charge on any atom is -0.266 e. The molecule has 3 aromatic rings. The van der Waals surface area contributed by atoms with Gasteiger partial charge >= 0.3 is 0 Å². The molecular weight excluding hydrogens is 507 g/mol. The Kier molecular flexibility index (Phi) is 6.42. The summed E-state index contributed by atoms with van der Waals surface area (Å²) in [7, 11) is 0. The molecule has 3 aromatic carbocycles. The van der Waals surface area contributed by atoms with Crippen LogP contribution < -0.4 is 0 Å². The van der Waals surface area contributed by atoms with Gasteiger partial charge in [0.15, 0.2) is 5.17 Å². The second kappa shape index (κ2) is 9.65. The Morgan fingerprint density at radius 3 is 2.34 bits per heavy atom. The first-order valence-corrected chi connectivity index (χ1v) is 12.1. The van der Waals surface area contributed by atoms with E-state index in [1.165, 1.54) is 12.1 Å². The normalized spacial score (nSPS) is 18.7. The highest BCUT2D eigenvalue weighted by atomic mass is 35.5. The van der Waals surface area contributed by atoms with Crippen LogP contribution in [0.1, 0.15) is 29.2 Å². The number of para-hydroxylation sites is 1. The predicted molar refractivity (Wildman–Crippen MR) is 140 cm³/mol. The summed E-state index contributed by atoms with van der Waals surface area (Å²) in [6.07, 6.45) is 2.08. The van der Waals surface area contributed by atoms with Crippen molar-refractivity contribution in [3.8, 4) is 0 Å². The number of nitrogens with zero attached hydrogens (tertiary/aromatic N) is 4. The number of hydrazone groups is 1. The number of carbonyl (C=O) groups excluding carboxylic acids is 1. The summed E-state index contributed by atoms with van der Waals surface area (Å²) in [4.78, 5) is 28.2. The Balaban J connectivity index is 1.49. The molecule has 0 N–H and O–H groups in total. The lowest BCUT2D eigenvalue weighted by atomic mass is 9.99. The zero-order valence-electron chi connectivity index (χ0n) is 18.0. The largest absolute Gasteiger partial charge is 0.286 e. The maximum Gasteiger partial charge on any atom is 0.286 e. The standard InChI is InChI=1S/C25H16Cl2N4O3S/c26-18-9-5-15(6-10-18)20-14-22(16-7-11-19(27)12-8-16)30(29-20)25-28-24(32)23(35-25)13-17-3-1-2-4-21(17)31(33)34/h1-13,22H,14H2/b23-13+. The van der Waals surface area contributed by atoms with E-state index in [0.717, 1.165) is 28.6 Å². The van der Waals surface area contributed by atoms with Crippen LogP contribution in [0.2, 0.25) is 10.0 Å². The predicted octanol–water partition coefficient (Wildman–Crippen LogP) is 6.72. The number of rotatable bonds is 4. The summed E-state index contributed by atoms with van der Waals surface area (Å²) < 4.78 is 0. The second-order valence-corrected chi connectivity index (χ2v) is 9.68. The van der Waals surface area contributed by atoms with Crippen LogP contribution >= 0.6 is 35.0 Å². The Hall–Kier alpha value is -3.46. The number of benzene rings is 3. The average Bonchev–Trinajstić information content (AvgIpc) is 3.44. The summed E-state index contributed by atoms with van der Waals surface area (Å²) >= 11 is 13.3. The molecule has 35 heavy (non-hydrogen) atoms. The molecule has 0 saturated heterocycles. The van der Waals surface area contributed by atoms with Crippen molar-refractivity contribution in [3.63, 3.8) is 0 Å². The van der Waals surface area contributed by atoms with E-state index in [-0.39, 0.29) is 11.7 Å². The van der Waals surface area contributed by atoms with Crippen molar-refractivity contribution < 1.29 is 9.72 Å². The maximum absolute atomic E-state index is 12.8. The van der Waals surface area contributed by atoms with Gasteiger partial charge < -0.3 is 0 Å². The SMILES string of the molecule is O=C1N=C(N2N=C(c3ccc(Cl)cc3)CC2c2ccc(Cl)cc2)S/C1=C/c1ccccc1[N+](=O)[O-]. The zero-order valence-corrected chi connectivity index (χ0v) is 20.3. The van der Waals surface area contributed by atoms with Crippen molar-refractivity contribution in [3.05, 3.63) is 115 Å². The van der Waals surface area contributed by atoms with Crippen LogP contribution in [0, 0.1) is 10.1 Å². The maximum atomic E-state index is 12.8. The quantitative estimate of drug-likeness (QED) is 0.215. The van der Waals surface area contributed by atoms with Crippen LogP contribution in [-0.4, -0.2) is 26.7 Å². The number of hydrogen-bond donors (Lipinski definition) is 0. The molecule has 1 unspecified atom stereocenters. The van der Waals surface area contributed by atoms with Gasteiger partial charge in [-0.25, -0.2) is 5.01 Å². The summed E-state index contributed by atoms with van der Waals surface area (Å²) in [5.41, 5.74) is 2.97. The number of thioether (sulfide) groups is 1. The second-order valence-electron chi connectivity index (χ2n) is 7.80. The third-order valence-electron chi connectivity index (χ3n) is 5.57. The number of aliphatic imine (C=N–C) groups is 1. The number of nitro groups is 1. The molecule has 7 nitrogen and oxygen atoms in total. The third-order valence-corrected chi connectivity index (χ3v) is 7.05. The molecule has 2 aliphatic rings. The molecule has 2 aliphatic heterocycles. The van der Waals surface area contributed by atoms with Gasteiger partial charge in [0.25, 0.3) is 11.6 Å². The van der Waals surface area contributed by atoms with Crippen LogP contribution in [0.25, 0.3) is 6.08 Å². The molecule has 5 rings (SSSR count). The van der Waals surface area contributed by atoms with Crippen molar-refractivity contribution in [1.82, 2.24) is 5.01 Å². The highest BCUT2D eigenvalue weighted by Gasteiger charge is 2.36. The molecule has 0 bridgehead atoms. The number of amides is 1. The van der Waals surface area contributed by atoms with E-state index in [1.807, 2.05) is 36.4 Å². The van der Waals surface area contributed by atoms with Crippen molar-refractivity contribution in [2.75, 3.05) is 0 Å². The number of amidine groups is 1. The van der Waals surface area contributed by atoms with Crippen LogP contribution in [-0.2, 0) is 4.79 Å². The average molecular weight is 523 g/mol. The fourth-order valence-corrected chi connectivity index (χ4v) is 5.02. The topological polar surface area (TPSA) is 88.2 Å². The molecule has 0 saturated carbocycles. The van der Waals surface area contributed by atoms with E-state index in [9.17, 15) is 14.9 Å². The van der Waals surface area contributed by atoms with Gasteiger partial charge in [-0.05, 0) is 59.3 Å². The lowest BCUT2D eigenvalue weighted by molar-refractivity contribution is -0.385. The molecule has 0 fully saturated rings. The van der Waals surface area contributed by atoms with E-state index < -0.39 is 10.8 Å². The van der Waals surface area contributed by atoms with Gasteiger partial charge in [-0.15, -0.1) is 0 Å². The van der Waals surface area contributed by atoms with Crippen LogP contribution in [0.3, 0.4) is 0 Å². The van der Waals surface area contributed by atoms with Gasteiger partial charge in [0, 0.05) is 22.5 Å². The Bertz CT molecular complexity index is 1420. The highest BCUT2D eigenvalue weighted by molar-refractivity contribution is 8.18. The number of carbonyl (C=O) groups is 1. The zero-order chi connectivity index (χ0) is 24.5. The van der Waals surface area contributed by atoms with Gasteiger partial charge in [-0.3, -0.25) is 14.9 Å². The van der Waals surface area contributed by atoms with Crippen molar-refractivity contribution in [2.45, 2.75) is 12.5 Å². The van der Waals surface area contributed by atoms with Crippen LogP contribution in [0.4, 0.5) is 5.69 Å². The molecule has 0 radical (unpaired) electrons. The molecule has 10 heteroatoms. The first-order chi connectivity index (χ1) is 16.9. The lowest BCUT2D eigenvalue weighted by Gasteiger charge is -2.22. The molecule has 174 valence electrons. The van der Waals surface area contributed by atoms with Gasteiger partial charge in [0.1, 0.15) is 0 Å². The van der Waals surface area contributed by atoms with Gasteiger partial charge in [0.05, 0.1) is 27.1 Å². The first-order valence-electron chi connectivity index (χ1n) is 10.5. The van der Waals surface area contributed by atoms with E-state index in [1.54, 1.807) is 35.3 Å². The smallest absolute Gasteiger partial charge is 0.266 e. The molecule has 2 heterocycles. The Morgan fingerprint density at radius 1 is 1.00 bits per heavy atom. The monoisotopic (exact) mass is 522 g/mol. The number of hydrogen-bond acceptors (Lipinski definition) is 6. The third kappa shape index (κ3) is 4.86. The fraction of sp³-hybridized carbons (Fsp3) is 0.0800. The van der Waals surface area contributed by atoms with E-state index in [2.05, 4.69) is 4.99 Å². The fourth-order valence-electron chi connectivity index (χ4n) is 3.86. The summed E-state index contributed by atoms with van der Waals surface area (Å²) in [6.45, 7) is 0. The minimum atomic E-state index is -0.474. The van der Waals surface area contributed by atoms with Gasteiger partial charge in [-0.1, -0.05) is 59.6 Å². The highest BCUT2D eigenvalue weighted by Crippen LogP contribution is 2.40. The number of nitro benzene ring substituents is 1. The van der Waals surface area contributed by atoms with Gasteiger partial charge in [0.2, 0.25) is 0 Å². The molecule has 0 spiro atoms. The summed E-state index contributed by atoms with van der Waals surface area (Å²) in [6, 6.07) is 20.9. The Morgan fingerprint density at radius 2 is 1.66 bits per heavy atom. The number of halogens is 2. The molecule has 1 amide bonds. The molecule has 0 aromatic heterocycles. The summed E-state index contributed by atoms with van der Waals surface area (Å²) in [5.74, 6) is -0.465. The van der Waals surface area contributed by atoms with Gasteiger partial charge in [-0.2, -0.15) is 10.1 Å². The lowest BCUT2D eigenvalue weighted by Crippen LogP contribution is -2.23.